The number of carbonyl (C=O) groups excluding carboxylic acids is 1. The lowest BCUT2D eigenvalue weighted by molar-refractivity contribution is 0.104. The van der Waals surface area contributed by atoms with Gasteiger partial charge in [-0.1, -0.05) is 60.1 Å². The van der Waals surface area contributed by atoms with Gasteiger partial charge in [-0.15, -0.1) is 0 Å². The second-order valence-electron chi connectivity index (χ2n) is 6.74. The van der Waals surface area contributed by atoms with E-state index in [9.17, 15) is 4.79 Å². The summed E-state index contributed by atoms with van der Waals surface area (Å²) in [5.41, 5.74) is 1.61. The topological polar surface area (TPSA) is 39.4 Å². The number of ether oxygens (including phenoxy) is 1. The highest BCUT2D eigenvalue weighted by Crippen LogP contribution is 2.29. The number of ketones is 1. The van der Waals surface area contributed by atoms with Crippen LogP contribution in [0.15, 0.2) is 83.3 Å². The van der Waals surface area contributed by atoms with Crippen LogP contribution < -0.4 is 4.74 Å². The maximum Gasteiger partial charge on any atom is 0.185 e. The Kier molecular flexibility index (Phi) is 5.50. The van der Waals surface area contributed by atoms with Crippen molar-refractivity contribution in [1.29, 1.82) is 0 Å². The van der Waals surface area contributed by atoms with Crippen LogP contribution >= 0.6 is 11.6 Å². The second kappa shape index (κ2) is 8.38. The van der Waals surface area contributed by atoms with E-state index >= 15 is 0 Å². The molecule has 4 rings (SSSR count). The number of furan rings is 1. The van der Waals surface area contributed by atoms with Gasteiger partial charge in [0, 0.05) is 5.56 Å². The number of para-hydroxylation sites is 1. The molecule has 1 aromatic heterocycles. The van der Waals surface area contributed by atoms with Crippen LogP contribution in [0.4, 0.5) is 0 Å². The summed E-state index contributed by atoms with van der Waals surface area (Å²) in [6, 6.07) is 22.9. The summed E-state index contributed by atoms with van der Waals surface area (Å²) in [5, 5.41) is 2.72. The molecule has 0 radical (unpaired) electrons. The average Bonchev–Trinajstić information content (AvgIpc) is 3.19. The van der Waals surface area contributed by atoms with Gasteiger partial charge in [-0.3, -0.25) is 4.79 Å². The number of hydrogen-bond donors (Lipinski definition) is 0. The Morgan fingerprint density at radius 3 is 2.66 bits per heavy atom. The zero-order valence-electron chi connectivity index (χ0n) is 15.9. The molecule has 3 nitrogen and oxygen atoms in total. The van der Waals surface area contributed by atoms with Gasteiger partial charge in [0.25, 0.3) is 0 Å². The van der Waals surface area contributed by atoms with E-state index < -0.39 is 0 Å². The molecular weight excluding hydrogens is 384 g/mol. The Labute approximate surface area is 174 Å². The Hall–Kier alpha value is -3.30. The number of hydrogen-bond acceptors (Lipinski definition) is 3. The number of allylic oxidation sites excluding steroid dienone is 1. The molecule has 3 aromatic carbocycles. The third-order valence-electron chi connectivity index (χ3n) is 4.64. The number of fused-ring (bicyclic) bond motifs is 1. The van der Waals surface area contributed by atoms with E-state index in [0.717, 1.165) is 16.3 Å². The first-order valence-electron chi connectivity index (χ1n) is 9.28. The van der Waals surface area contributed by atoms with E-state index in [1.165, 1.54) is 6.08 Å². The highest BCUT2D eigenvalue weighted by Gasteiger charge is 2.08. The van der Waals surface area contributed by atoms with Crippen LogP contribution in [0.1, 0.15) is 27.4 Å². The zero-order chi connectivity index (χ0) is 20.2. The minimum absolute atomic E-state index is 0.0726. The van der Waals surface area contributed by atoms with Crippen molar-refractivity contribution >= 4 is 34.2 Å². The van der Waals surface area contributed by atoms with Crippen LogP contribution in [0.3, 0.4) is 0 Å². The van der Waals surface area contributed by atoms with Gasteiger partial charge in [-0.25, -0.2) is 0 Å². The fourth-order valence-corrected chi connectivity index (χ4v) is 3.38. The zero-order valence-corrected chi connectivity index (χ0v) is 16.6. The minimum atomic E-state index is -0.0726. The van der Waals surface area contributed by atoms with Crippen LogP contribution in [0.25, 0.3) is 16.8 Å². The second-order valence-corrected chi connectivity index (χ2v) is 7.15. The van der Waals surface area contributed by atoms with E-state index in [4.69, 9.17) is 20.8 Å². The molecule has 0 saturated heterocycles. The molecule has 144 valence electrons. The standard InChI is InChI=1S/C25H19ClO3/c1-17-5-4-8-23(26)25(17)28-16-22-12-11-21(29-22)13-14-24(27)20-10-9-18-6-2-3-7-19(18)15-20/h2-15H,16H2,1H3/b14-13+. The summed E-state index contributed by atoms with van der Waals surface area (Å²) in [6.07, 6.45) is 3.19. The lowest BCUT2D eigenvalue weighted by Gasteiger charge is -2.09. The first kappa shape index (κ1) is 19.0. The van der Waals surface area contributed by atoms with Crippen molar-refractivity contribution in [2.75, 3.05) is 0 Å². The first-order valence-corrected chi connectivity index (χ1v) is 9.66. The lowest BCUT2D eigenvalue weighted by Crippen LogP contribution is -1.96. The van der Waals surface area contributed by atoms with Crippen molar-refractivity contribution in [3.8, 4) is 5.75 Å². The van der Waals surface area contributed by atoms with Crippen molar-refractivity contribution < 1.29 is 13.9 Å². The van der Waals surface area contributed by atoms with Gasteiger partial charge in [-0.05, 0) is 59.7 Å². The smallest absolute Gasteiger partial charge is 0.185 e. The van der Waals surface area contributed by atoms with Gasteiger partial charge in [0.1, 0.15) is 23.9 Å². The Bertz CT molecular complexity index is 1180. The van der Waals surface area contributed by atoms with Crippen LogP contribution in [0, 0.1) is 6.92 Å². The normalized spacial score (nSPS) is 11.2. The minimum Gasteiger partial charge on any atom is -0.484 e. The molecule has 1 heterocycles. The van der Waals surface area contributed by atoms with E-state index in [-0.39, 0.29) is 12.4 Å². The van der Waals surface area contributed by atoms with Crippen LogP contribution in [-0.2, 0) is 6.61 Å². The molecule has 0 aliphatic carbocycles. The van der Waals surface area contributed by atoms with Crippen molar-refractivity contribution in [2.24, 2.45) is 0 Å². The summed E-state index contributed by atoms with van der Waals surface area (Å²) in [6.45, 7) is 2.20. The van der Waals surface area contributed by atoms with Crippen molar-refractivity contribution in [2.45, 2.75) is 13.5 Å². The van der Waals surface area contributed by atoms with Crippen LogP contribution in [0.5, 0.6) is 5.75 Å². The quantitative estimate of drug-likeness (QED) is 0.261. The Morgan fingerprint density at radius 2 is 1.83 bits per heavy atom. The van der Waals surface area contributed by atoms with Gasteiger partial charge in [-0.2, -0.15) is 0 Å². The molecule has 0 amide bonds. The maximum atomic E-state index is 12.5. The first-order chi connectivity index (χ1) is 14.1. The van der Waals surface area contributed by atoms with E-state index in [0.29, 0.717) is 27.9 Å². The number of halogens is 1. The highest BCUT2D eigenvalue weighted by atomic mass is 35.5. The molecule has 29 heavy (non-hydrogen) atoms. The fraction of sp³-hybridized carbons (Fsp3) is 0.0800. The van der Waals surface area contributed by atoms with Gasteiger partial charge in [0.05, 0.1) is 5.02 Å². The fourth-order valence-electron chi connectivity index (χ4n) is 3.10. The predicted molar refractivity (Wildman–Crippen MR) is 117 cm³/mol. The Morgan fingerprint density at radius 1 is 1.00 bits per heavy atom. The van der Waals surface area contributed by atoms with Gasteiger partial charge >= 0.3 is 0 Å². The van der Waals surface area contributed by atoms with Crippen LogP contribution in [0.2, 0.25) is 5.02 Å². The summed E-state index contributed by atoms with van der Waals surface area (Å²) in [7, 11) is 0. The number of aryl methyl sites for hydroxylation is 1. The van der Waals surface area contributed by atoms with Gasteiger partial charge < -0.3 is 9.15 Å². The molecule has 0 spiro atoms. The number of rotatable bonds is 6. The summed E-state index contributed by atoms with van der Waals surface area (Å²) in [5.74, 6) is 1.82. The molecule has 4 heteroatoms. The average molecular weight is 403 g/mol. The third-order valence-corrected chi connectivity index (χ3v) is 4.94. The van der Waals surface area contributed by atoms with Crippen LogP contribution in [-0.4, -0.2) is 5.78 Å². The molecular formula is C25H19ClO3. The molecule has 0 N–H and O–H groups in total. The molecule has 0 saturated carbocycles. The van der Waals surface area contributed by atoms with E-state index in [2.05, 4.69) is 0 Å². The summed E-state index contributed by atoms with van der Waals surface area (Å²) >= 11 is 6.18. The third kappa shape index (κ3) is 4.41. The maximum absolute atomic E-state index is 12.5. The molecule has 0 unspecified atom stereocenters. The number of carbonyl (C=O) groups is 1. The van der Waals surface area contributed by atoms with E-state index in [1.54, 1.807) is 12.1 Å². The largest absolute Gasteiger partial charge is 0.484 e. The molecule has 0 atom stereocenters. The summed E-state index contributed by atoms with van der Waals surface area (Å²) in [4.78, 5) is 12.5. The van der Waals surface area contributed by atoms with Crippen molar-refractivity contribution in [1.82, 2.24) is 0 Å². The van der Waals surface area contributed by atoms with Gasteiger partial charge in [0.15, 0.2) is 5.78 Å². The molecule has 0 fully saturated rings. The number of benzene rings is 3. The highest BCUT2D eigenvalue weighted by molar-refractivity contribution is 6.32. The molecule has 0 aliphatic rings. The lowest BCUT2D eigenvalue weighted by atomic mass is 10.0. The SMILES string of the molecule is Cc1cccc(Cl)c1OCc1ccc(/C=C/C(=O)c2ccc3ccccc3c2)o1. The van der Waals surface area contributed by atoms with Gasteiger partial charge in [0.2, 0.25) is 0 Å². The predicted octanol–water partition coefficient (Wildman–Crippen LogP) is 6.87. The molecule has 0 aliphatic heterocycles. The molecule has 4 aromatic rings. The van der Waals surface area contributed by atoms with Crippen molar-refractivity contribution in [3.05, 3.63) is 107 Å². The monoisotopic (exact) mass is 402 g/mol. The Balaban J connectivity index is 1.42. The van der Waals surface area contributed by atoms with E-state index in [1.807, 2.05) is 73.7 Å². The molecule has 0 bridgehead atoms. The summed E-state index contributed by atoms with van der Waals surface area (Å²) < 4.78 is 11.5. The van der Waals surface area contributed by atoms with Crippen molar-refractivity contribution in [3.63, 3.8) is 0 Å².